The summed E-state index contributed by atoms with van der Waals surface area (Å²) in [5, 5.41) is 11.7. The van der Waals surface area contributed by atoms with E-state index < -0.39 is 0 Å². The number of halogens is 1. The topological polar surface area (TPSA) is 54.6 Å². The maximum atomic E-state index is 12.6. The summed E-state index contributed by atoms with van der Waals surface area (Å²) in [5.74, 6) is -0.0491. The Labute approximate surface area is 138 Å². The van der Waals surface area contributed by atoms with Crippen molar-refractivity contribution in [2.75, 3.05) is 0 Å². The third kappa shape index (κ3) is 2.73. The number of aromatic hydroxyl groups is 1. The number of hydrogen-bond acceptors (Lipinski definition) is 3. The zero-order valence-corrected chi connectivity index (χ0v) is 13.5. The highest BCUT2D eigenvalue weighted by molar-refractivity contribution is 6.30. The summed E-state index contributed by atoms with van der Waals surface area (Å²) in [7, 11) is 1.68. The Bertz CT molecular complexity index is 990. The molecule has 1 N–H and O–H groups in total. The van der Waals surface area contributed by atoms with Gasteiger partial charge in [0.05, 0.1) is 16.9 Å². The number of para-hydroxylation sites is 1. The standard InChI is InChI=1S/C18H15ClN2O2/c1-11(20-13-7-5-6-12(19)10-13)16-17(22)14-8-3-4-9-15(14)21(2)18(16)23/h3-10,22H,1-2H3. The number of aryl methyl sites for hydroxylation is 1. The lowest BCUT2D eigenvalue weighted by atomic mass is 10.1. The van der Waals surface area contributed by atoms with Crippen LogP contribution in [0, 0.1) is 0 Å². The van der Waals surface area contributed by atoms with Gasteiger partial charge in [0.1, 0.15) is 11.3 Å². The van der Waals surface area contributed by atoms with E-state index in [2.05, 4.69) is 4.99 Å². The number of rotatable bonds is 2. The molecule has 0 atom stereocenters. The molecule has 2 aromatic carbocycles. The quantitative estimate of drug-likeness (QED) is 0.723. The van der Waals surface area contributed by atoms with Crippen LogP contribution in [0.2, 0.25) is 5.02 Å². The third-order valence-corrected chi connectivity index (χ3v) is 3.98. The summed E-state index contributed by atoms with van der Waals surface area (Å²) in [4.78, 5) is 17.0. The summed E-state index contributed by atoms with van der Waals surface area (Å²) < 4.78 is 1.52. The number of benzene rings is 2. The molecule has 0 aliphatic heterocycles. The summed E-state index contributed by atoms with van der Waals surface area (Å²) >= 11 is 5.96. The van der Waals surface area contributed by atoms with Crippen molar-refractivity contribution >= 4 is 33.9 Å². The predicted molar refractivity (Wildman–Crippen MR) is 94.2 cm³/mol. The van der Waals surface area contributed by atoms with Gasteiger partial charge < -0.3 is 9.67 Å². The normalized spacial score (nSPS) is 11.9. The molecule has 23 heavy (non-hydrogen) atoms. The van der Waals surface area contributed by atoms with Crippen LogP contribution in [0.25, 0.3) is 10.9 Å². The summed E-state index contributed by atoms with van der Waals surface area (Å²) in [6, 6.07) is 14.2. The lowest BCUT2D eigenvalue weighted by Crippen LogP contribution is -2.24. The molecular formula is C18H15ClN2O2. The maximum absolute atomic E-state index is 12.6. The van der Waals surface area contributed by atoms with Gasteiger partial charge in [-0.15, -0.1) is 0 Å². The number of pyridine rings is 1. The van der Waals surface area contributed by atoms with Crippen LogP contribution in [0.3, 0.4) is 0 Å². The van der Waals surface area contributed by atoms with Gasteiger partial charge in [-0.2, -0.15) is 0 Å². The fourth-order valence-corrected chi connectivity index (χ4v) is 2.79. The maximum Gasteiger partial charge on any atom is 0.263 e. The van der Waals surface area contributed by atoms with Crippen molar-refractivity contribution in [3.05, 3.63) is 69.5 Å². The first-order chi connectivity index (χ1) is 11.0. The molecule has 0 fully saturated rings. The molecule has 5 heteroatoms. The van der Waals surface area contributed by atoms with Crippen LogP contribution in [0.1, 0.15) is 12.5 Å². The van der Waals surface area contributed by atoms with Gasteiger partial charge in [-0.1, -0.05) is 29.8 Å². The van der Waals surface area contributed by atoms with Crippen LogP contribution in [0.15, 0.2) is 58.3 Å². The summed E-state index contributed by atoms with van der Waals surface area (Å²) in [6.45, 7) is 1.70. The molecule has 0 aliphatic rings. The van der Waals surface area contributed by atoms with E-state index in [1.165, 1.54) is 4.57 Å². The molecule has 0 unspecified atom stereocenters. The van der Waals surface area contributed by atoms with E-state index in [0.29, 0.717) is 27.3 Å². The van der Waals surface area contributed by atoms with E-state index in [1.54, 1.807) is 50.4 Å². The van der Waals surface area contributed by atoms with E-state index in [0.717, 1.165) is 0 Å². The van der Waals surface area contributed by atoms with Gasteiger partial charge in [-0.25, -0.2) is 0 Å². The average molecular weight is 327 g/mol. The van der Waals surface area contributed by atoms with Crippen LogP contribution in [0.4, 0.5) is 5.69 Å². The molecule has 0 saturated carbocycles. The van der Waals surface area contributed by atoms with Crippen molar-refractivity contribution in [1.29, 1.82) is 0 Å². The molecule has 1 heterocycles. The zero-order chi connectivity index (χ0) is 16.6. The van der Waals surface area contributed by atoms with Crippen LogP contribution in [-0.4, -0.2) is 15.4 Å². The van der Waals surface area contributed by atoms with E-state index in [-0.39, 0.29) is 16.9 Å². The Hall–Kier alpha value is -2.59. The highest BCUT2D eigenvalue weighted by atomic mass is 35.5. The van der Waals surface area contributed by atoms with Crippen molar-refractivity contribution in [2.24, 2.45) is 12.0 Å². The second-order valence-corrected chi connectivity index (χ2v) is 5.72. The lowest BCUT2D eigenvalue weighted by molar-refractivity contribution is 0.478. The Balaban J connectivity index is 2.26. The van der Waals surface area contributed by atoms with Gasteiger partial charge in [-0.3, -0.25) is 9.79 Å². The highest BCUT2D eigenvalue weighted by Gasteiger charge is 2.16. The number of fused-ring (bicyclic) bond motifs is 1. The lowest BCUT2D eigenvalue weighted by Gasteiger charge is -2.11. The average Bonchev–Trinajstić information content (AvgIpc) is 2.53. The Kier molecular flexibility index (Phi) is 3.92. The van der Waals surface area contributed by atoms with Crippen LogP contribution < -0.4 is 5.56 Å². The monoisotopic (exact) mass is 326 g/mol. The molecule has 0 radical (unpaired) electrons. The van der Waals surface area contributed by atoms with Crippen molar-refractivity contribution in [1.82, 2.24) is 4.57 Å². The second kappa shape index (κ2) is 5.89. The Morgan fingerprint density at radius 3 is 2.65 bits per heavy atom. The third-order valence-electron chi connectivity index (χ3n) is 3.74. The first-order valence-corrected chi connectivity index (χ1v) is 7.49. The summed E-state index contributed by atoms with van der Waals surface area (Å²) in [5.41, 5.74) is 1.66. The minimum absolute atomic E-state index is 0.0491. The molecule has 0 spiro atoms. The molecule has 1 aromatic heterocycles. The predicted octanol–water partition coefficient (Wildman–Crippen LogP) is 4.04. The molecular weight excluding hydrogens is 312 g/mol. The van der Waals surface area contributed by atoms with Crippen molar-refractivity contribution < 1.29 is 5.11 Å². The van der Waals surface area contributed by atoms with E-state index in [4.69, 9.17) is 11.6 Å². The number of hydrogen-bond donors (Lipinski definition) is 1. The first kappa shape index (κ1) is 15.3. The summed E-state index contributed by atoms with van der Waals surface area (Å²) in [6.07, 6.45) is 0. The van der Waals surface area contributed by atoms with Crippen molar-refractivity contribution in [2.45, 2.75) is 6.92 Å². The van der Waals surface area contributed by atoms with Crippen molar-refractivity contribution in [3.8, 4) is 5.75 Å². The van der Waals surface area contributed by atoms with E-state index in [9.17, 15) is 9.90 Å². The molecule has 0 bridgehead atoms. The molecule has 116 valence electrons. The van der Waals surface area contributed by atoms with Gasteiger partial charge in [0, 0.05) is 17.5 Å². The van der Waals surface area contributed by atoms with Gasteiger partial charge in [0.25, 0.3) is 5.56 Å². The highest BCUT2D eigenvalue weighted by Crippen LogP contribution is 2.27. The first-order valence-electron chi connectivity index (χ1n) is 7.11. The largest absolute Gasteiger partial charge is 0.506 e. The van der Waals surface area contributed by atoms with Crippen LogP contribution >= 0.6 is 11.6 Å². The fourth-order valence-electron chi connectivity index (χ4n) is 2.60. The van der Waals surface area contributed by atoms with Gasteiger partial charge in [0.15, 0.2) is 0 Å². The van der Waals surface area contributed by atoms with Gasteiger partial charge in [0.2, 0.25) is 0 Å². The Morgan fingerprint density at radius 2 is 1.91 bits per heavy atom. The smallest absolute Gasteiger partial charge is 0.263 e. The number of nitrogens with zero attached hydrogens (tertiary/aromatic N) is 2. The second-order valence-electron chi connectivity index (χ2n) is 5.28. The number of aliphatic imine (C=N–C) groups is 1. The fraction of sp³-hybridized carbons (Fsp3) is 0.111. The SMILES string of the molecule is CC(=Nc1cccc(Cl)c1)c1c(O)c2ccccc2n(C)c1=O. The van der Waals surface area contributed by atoms with Crippen molar-refractivity contribution in [3.63, 3.8) is 0 Å². The number of aromatic nitrogens is 1. The van der Waals surface area contributed by atoms with E-state index in [1.807, 2.05) is 12.1 Å². The Morgan fingerprint density at radius 1 is 1.17 bits per heavy atom. The molecule has 4 nitrogen and oxygen atoms in total. The van der Waals surface area contributed by atoms with E-state index >= 15 is 0 Å². The molecule has 3 aromatic rings. The van der Waals surface area contributed by atoms with Gasteiger partial charge >= 0.3 is 0 Å². The minimum Gasteiger partial charge on any atom is -0.506 e. The van der Waals surface area contributed by atoms with Crippen LogP contribution in [0.5, 0.6) is 5.75 Å². The molecule has 0 amide bonds. The van der Waals surface area contributed by atoms with Crippen LogP contribution in [-0.2, 0) is 7.05 Å². The minimum atomic E-state index is -0.288. The van der Waals surface area contributed by atoms with Gasteiger partial charge in [-0.05, 0) is 37.3 Å². The molecule has 3 rings (SSSR count). The zero-order valence-electron chi connectivity index (χ0n) is 12.7. The molecule has 0 saturated heterocycles. The molecule has 0 aliphatic carbocycles.